The van der Waals surface area contributed by atoms with Gasteiger partial charge in [0.15, 0.2) is 0 Å². The Morgan fingerprint density at radius 2 is 0.600 bits per heavy atom. The predicted molar refractivity (Wildman–Crippen MR) is 142 cm³/mol. The van der Waals surface area contributed by atoms with Crippen LogP contribution in [0.15, 0.2) is 109 Å². The monoisotopic (exact) mass is 552 g/mol. The molecule has 0 aliphatic rings. The topological polar surface area (TPSA) is 208 Å². The van der Waals surface area contributed by atoms with Gasteiger partial charge in [0, 0.05) is 0 Å². The third-order valence-corrected chi connectivity index (χ3v) is 4.33. The number of hydrogen-bond acceptors (Lipinski definition) is 6. The molecule has 4 aromatic carbocycles. The third-order valence-electron chi connectivity index (χ3n) is 4.33. The Morgan fingerprint density at radius 3 is 0.825 bits per heavy atom. The van der Waals surface area contributed by atoms with Gasteiger partial charge in [-0.05, 0) is 46.5 Å². The first-order chi connectivity index (χ1) is 19.0. The van der Waals surface area contributed by atoms with E-state index < -0.39 is 24.6 Å². The first kappa shape index (κ1) is 32.0. The van der Waals surface area contributed by atoms with Gasteiger partial charge >= 0.3 is 24.6 Å². The Labute approximate surface area is 227 Å². The average Bonchev–Trinajstić information content (AvgIpc) is 2.90. The van der Waals surface area contributed by atoms with Gasteiger partial charge in [0.25, 0.3) is 0 Å². The Kier molecular flexibility index (Phi) is 13.9. The van der Waals surface area contributed by atoms with Crippen molar-refractivity contribution in [2.45, 2.75) is 0 Å². The normalized spacial score (nSPS) is 9.00. The summed E-state index contributed by atoms with van der Waals surface area (Å²) in [5.74, 6) is 0.458. The fourth-order valence-corrected chi connectivity index (χ4v) is 2.89. The van der Waals surface area contributed by atoms with Gasteiger partial charge in [0.2, 0.25) is 0 Å². The van der Waals surface area contributed by atoms with Crippen molar-refractivity contribution in [2.75, 3.05) is 0 Å². The van der Waals surface area contributed by atoms with E-state index in [4.69, 9.17) is 40.2 Å². The molecule has 0 radical (unpaired) electrons. The summed E-state index contributed by atoms with van der Waals surface area (Å²) in [4.78, 5) is 37.8. The Morgan fingerprint density at radius 1 is 0.375 bits per heavy atom. The molecular formula is C28H24O12. The fourth-order valence-electron chi connectivity index (χ4n) is 2.89. The van der Waals surface area contributed by atoms with E-state index in [1.54, 1.807) is 24.3 Å². The number of rotatable bonds is 4. The lowest BCUT2D eigenvalue weighted by Crippen LogP contribution is -2.02. The second-order valence-electron chi connectivity index (χ2n) is 7.08. The summed E-state index contributed by atoms with van der Waals surface area (Å²) in [6.07, 6.45) is -6.40. The van der Waals surface area contributed by atoms with Crippen LogP contribution in [-0.4, -0.2) is 55.3 Å². The molecule has 0 unspecified atom stereocenters. The number of benzene rings is 4. The van der Waals surface area contributed by atoms with Crippen molar-refractivity contribution in [3.05, 3.63) is 109 Å². The van der Waals surface area contributed by atoms with Crippen LogP contribution in [-0.2, 0) is 0 Å². The first-order valence-electron chi connectivity index (χ1n) is 10.9. The number of carbonyl (C=O) groups is 4. The SMILES string of the molecule is O=C(O)O.O=C(O)O.O=C(O)Oc1ccc(-c2ccc(OC(=O)O)cc2)cc1.c1ccc(-c2ccccc2)cc1. The molecule has 12 heteroatoms. The van der Waals surface area contributed by atoms with Crippen molar-refractivity contribution in [1.82, 2.24) is 0 Å². The van der Waals surface area contributed by atoms with Crippen LogP contribution in [0.5, 0.6) is 11.5 Å². The molecule has 40 heavy (non-hydrogen) atoms. The molecule has 0 aliphatic carbocycles. The highest BCUT2D eigenvalue weighted by Crippen LogP contribution is 2.24. The van der Waals surface area contributed by atoms with Crippen LogP contribution in [0.2, 0.25) is 0 Å². The van der Waals surface area contributed by atoms with E-state index in [1.807, 2.05) is 12.1 Å². The van der Waals surface area contributed by atoms with E-state index in [0.717, 1.165) is 11.1 Å². The summed E-state index contributed by atoms with van der Waals surface area (Å²) in [7, 11) is 0. The van der Waals surface area contributed by atoms with Gasteiger partial charge < -0.3 is 40.1 Å². The maximum Gasteiger partial charge on any atom is 0.511 e. The predicted octanol–water partition coefficient (Wildman–Crippen LogP) is 7.27. The molecule has 0 atom stereocenters. The van der Waals surface area contributed by atoms with Crippen molar-refractivity contribution in [3.8, 4) is 33.8 Å². The summed E-state index contributed by atoms with van der Waals surface area (Å²) in [5, 5.41) is 44.8. The van der Waals surface area contributed by atoms with Crippen LogP contribution in [0.4, 0.5) is 19.2 Å². The molecule has 0 saturated carbocycles. The Balaban J connectivity index is 0.000000336. The average molecular weight is 552 g/mol. The number of ether oxygens (including phenoxy) is 2. The zero-order valence-corrected chi connectivity index (χ0v) is 20.5. The second kappa shape index (κ2) is 17.4. The van der Waals surface area contributed by atoms with E-state index in [1.165, 1.54) is 35.4 Å². The van der Waals surface area contributed by atoms with Crippen LogP contribution >= 0.6 is 0 Å². The summed E-state index contributed by atoms with van der Waals surface area (Å²) < 4.78 is 9.00. The third kappa shape index (κ3) is 14.5. The summed E-state index contributed by atoms with van der Waals surface area (Å²) in [5.41, 5.74) is 4.23. The molecule has 0 fully saturated rings. The van der Waals surface area contributed by atoms with E-state index in [2.05, 4.69) is 58.0 Å². The lowest BCUT2D eigenvalue weighted by molar-refractivity contribution is 0.135. The molecule has 0 saturated heterocycles. The molecule has 0 amide bonds. The van der Waals surface area contributed by atoms with Gasteiger partial charge in [-0.15, -0.1) is 0 Å². The van der Waals surface area contributed by atoms with Gasteiger partial charge in [-0.1, -0.05) is 84.9 Å². The van der Waals surface area contributed by atoms with Crippen molar-refractivity contribution in [2.24, 2.45) is 0 Å². The van der Waals surface area contributed by atoms with Gasteiger partial charge in [-0.2, -0.15) is 0 Å². The largest absolute Gasteiger partial charge is 0.511 e. The quantitative estimate of drug-likeness (QED) is 0.109. The molecule has 208 valence electrons. The van der Waals surface area contributed by atoms with Gasteiger partial charge in [0.05, 0.1) is 0 Å². The minimum absolute atomic E-state index is 0.229. The molecular weight excluding hydrogens is 528 g/mol. The zero-order valence-electron chi connectivity index (χ0n) is 20.5. The lowest BCUT2D eigenvalue weighted by atomic mass is 10.1. The summed E-state index contributed by atoms with van der Waals surface area (Å²) in [6.45, 7) is 0. The molecule has 0 spiro atoms. The van der Waals surface area contributed by atoms with Crippen LogP contribution in [0, 0.1) is 0 Å². The molecule has 0 heterocycles. The second-order valence-corrected chi connectivity index (χ2v) is 7.08. The van der Waals surface area contributed by atoms with Crippen molar-refractivity contribution in [1.29, 1.82) is 0 Å². The molecule has 0 aromatic heterocycles. The molecule has 12 nitrogen and oxygen atoms in total. The highest BCUT2D eigenvalue weighted by atomic mass is 16.7. The van der Waals surface area contributed by atoms with E-state index in [0.29, 0.717) is 0 Å². The van der Waals surface area contributed by atoms with Gasteiger partial charge in [0.1, 0.15) is 11.5 Å². The van der Waals surface area contributed by atoms with Crippen molar-refractivity contribution < 1.29 is 59.3 Å². The Hall–Kier alpha value is -6.04. The minimum Gasteiger partial charge on any atom is -0.450 e. The van der Waals surface area contributed by atoms with E-state index >= 15 is 0 Å². The number of carboxylic acid groups (broad SMARTS) is 6. The first-order valence-corrected chi connectivity index (χ1v) is 10.9. The van der Waals surface area contributed by atoms with Gasteiger partial charge in [-0.25, -0.2) is 19.2 Å². The highest BCUT2D eigenvalue weighted by Gasteiger charge is 2.04. The minimum atomic E-state index is -1.83. The Bertz CT molecular complexity index is 1220. The molecule has 6 N–H and O–H groups in total. The standard InChI is InChI=1S/C14H10O6.C12H10.2CH2O3/c15-13(16)19-11-5-1-9(2-6-11)10-3-7-12(8-4-10)20-14(17)18;1-3-7-11(8-4-1)12-9-5-2-6-10-12;2*2-1(3)4/h1-8H,(H,15,16)(H,17,18);1-10H;2*(H2,2,3,4). The zero-order chi connectivity index (χ0) is 29.9. The highest BCUT2D eigenvalue weighted by molar-refractivity contribution is 5.68. The van der Waals surface area contributed by atoms with Crippen molar-refractivity contribution in [3.63, 3.8) is 0 Å². The maximum absolute atomic E-state index is 10.4. The van der Waals surface area contributed by atoms with Crippen molar-refractivity contribution >= 4 is 24.6 Å². The maximum atomic E-state index is 10.4. The van der Waals surface area contributed by atoms with Crippen LogP contribution < -0.4 is 9.47 Å². The van der Waals surface area contributed by atoms with E-state index in [9.17, 15) is 9.59 Å². The fraction of sp³-hybridized carbons (Fsp3) is 0. The van der Waals surface area contributed by atoms with Crippen LogP contribution in [0.25, 0.3) is 22.3 Å². The number of hydrogen-bond donors (Lipinski definition) is 6. The molecule has 4 aromatic rings. The van der Waals surface area contributed by atoms with Gasteiger partial charge in [-0.3, -0.25) is 0 Å². The molecule has 4 rings (SSSR count). The van der Waals surface area contributed by atoms with E-state index in [-0.39, 0.29) is 11.5 Å². The smallest absolute Gasteiger partial charge is 0.450 e. The molecule has 0 aliphatic heterocycles. The van der Waals surface area contributed by atoms with Crippen LogP contribution in [0.3, 0.4) is 0 Å². The lowest BCUT2D eigenvalue weighted by Gasteiger charge is -2.05. The van der Waals surface area contributed by atoms with Crippen LogP contribution in [0.1, 0.15) is 0 Å². The summed E-state index contributed by atoms with van der Waals surface area (Å²) in [6, 6.07) is 33.7. The molecule has 0 bridgehead atoms. The summed E-state index contributed by atoms with van der Waals surface area (Å²) >= 11 is 0.